The molecule has 1 aliphatic rings. The maximum Gasteiger partial charge on any atom is 0.0836 e. The second-order valence-electron chi connectivity index (χ2n) is 3.25. The highest BCUT2D eigenvalue weighted by atomic mass is 79.9. The van der Waals surface area contributed by atoms with Crippen LogP contribution in [-0.4, -0.2) is 11.6 Å². The van der Waals surface area contributed by atoms with Crippen molar-refractivity contribution in [1.29, 1.82) is 0 Å². The molecule has 2 rings (SSSR count). The molecule has 0 N–H and O–H groups in total. The van der Waals surface area contributed by atoms with Gasteiger partial charge in [-0.15, -0.1) is 0 Å². The molecule has 1 aliphatic heterocycles. The van der Waals surface area contributed by atoms with E-state index < -0.39 is 0 Å². The minimum atomic E-state index is 0.270. The molecule has 3 heteroatoms. The summed E-state index contributed by atoms with van der Waals surface area (Å²) in [5, 5.41) is 0. The number of ether oxygens (including phenoxy) is 1. The standard InChI is InChI=1S/C10H12BrNO/c11-9-7-12-5-4-8(9)10-3-1-2-6-13-10/h4-5,7,10H,1-3,6H2. The Morgan fingerprint density at radius 3 is 3.08 bits per heavy atom. The van der Waals surface area contributed by atoms with Gasteiger partial charge in [0.1, 0.15) is 0 Å². The van der Waals surface area contributed by atoms with Crippen molar-refractivity contribution in [3.8, 4) is 0 Å². The van der Waals surface area contributed by atoms with Gasteiger partial charge in [0.2, 0.25) is 0 Å². The number of aromatic nitrogens is 1. The van der Waals surface area contributed by atoms with E-state index in [1.165, 1.54) is 18.4 Å². The zero-order valence-corrected chi connectivity index (χ0v) is 8.96. The van der Waals surface area contributed by atoms with E-state index in [0.717, 1.165) is 17.5 Å². The van der Waals surface area contributed by atoms with Gasteiger partial charge in [-0.2, -0.15) is 0 Å². The van der Waals surface area contributed by atoms with Crippen LogP contribution in [-0.2, 0) is 4.74 Å². The molecule has 0 saturated carbocycles. The molecule has 0 aromatic carbocycles. The largest absolute Gasteiger partial charge is 0.373 e. The van der Waals surface area contributed by atoms with E-state index in [0.29, 0.717) is 0 Å². The Balaban J connectivity index is 2.18. The molecule has 1 unspecified atom stereocenters. The van der Waals surface area contributed by atoms with Gasteiger partial charge in [-0.25, -0.2) is 0 Å². The molecule has 0 spiro atoms. The summed E-state index contributed by atoms with van der Waals surface area (Å²) in [5.74, 6) is 0. The molecule has 1 aromatic heterocycles. The summed E-state index contributed by atoms with van der Waals surface area (Å²) in [7, 11) is 0. The van der Waals surface area contributed by atoms with Gasteiger partial charge < -0.3 is 4.74 Å². The lowest BCUT2D eigenvalue weighted by Gasteiger charge is -2.23. The molecule has 0 aliphatic carbocycles. The van der Waals surface area contributed by atoms with Crippen molar-refractivity contribution in [1.82, 2.24) is 4.98 Å². The second-order valence-corrected chi connectivity index (χ2v) is 4.11. The number of pyridine rings is 1. The fourth-order valence-electron chi connectivity index (χ4n) is 1.63. The average Bonchev–Trinajstić information content (AvgIpc) is 2.20. The predicted molar refractivity (Wildman–Crippen MR) is 54.5 cm³/mol. The number of halogens is 1. The van der Waals surface area contributed by atoms with E-state index >= 15 is 0 Å². The Bertz CT molecular complexity index is 284. The maximum absolute atomic E-state index is 5.69. The van der Waals surface area contributed by atoms with Crippen molar-refractivity contribution in [2.24, 2.45) is 0 Å². The van der Waals surface area contributed by atoms with Crippen LogP contribution in [0.15, 0.2) is 22.9 Å². The van der Waals surface area contributed by atoms with Gasteiger partial charge >= 0.3 is 0 Å². The van der Waals surface area contributed by atoms with Crippen molar-refractivity contribution in [2.75, 3.05) is 6.61 Å². The summed E-state index contributed by atoms with van der Waals surface area (Å²) in [5.41, 5.74) is 1.23. The molecule has 13 heavy (non-hydrogen) atoms. The van der Waals surface area contributed by atoms with Gasteiger partial charge in [0.15, 0.2) is 0 Å². The lowest BCUT2D eigenvalue weighted by molar-refractivity contribution is 0.0145. The van der Waals surface area contributed by atoms with Crippen LogP contribution in [0.2, 0.25) is 0 Å². The zero-order valence-electron chi connectivity index (χ0n) is 7.37. The van der Waals surface area contributed by atoms with E-state index in [1.807, 2.05) is 18.5 Å². The number of rotatable bonds is 1. The third-order valence-corrected chi connectivity index (χ3v) is 2.99. The van der Waals surface area contributed by atoms with Crippen LogP contribution in [0.25, 0.3) is 0 Å². The van der Waals surface area contributed by atoms with Gasteiger partial charge in [0.25, 0.3) is 0 Å². The van der Waals surface area contributed by atoms with Gasteiger partial charge in [0.05, 0.1) is 6.10 Å². The Labute approximate surface area is 86.5 Å². The third kappa shape index (κ3) is 2.09. The van der Waals surface area contributed by atoms with Crippen LogP contribution in [0.3, 0.4) is 0 Å². The third-order valence-electron chi connectivity index (χ3n) is 2.33. The molecule has 70 valence electrons. The lowest BCUT2D eigenvalue weighted by Crippen LogP contribution is -2.11. The van der Waals surface area contributed by atoms with E-state index in [9.17, 15) is 0 Å². The minimum Gasteiger partial charge on any atom is -0.373 e. The first kappa shape index (κ1) is 9.16. The molecule has 0 bridgehead atoms. The number of hydrogen-bond donors (Lipinski definition) is 0. The molecule has 1 saturated heterocycles. The van der Waals surface area contributed by atoms with E-state index in [2.05, 4.69) is 20.9 Å². The molecule has 1 fully saturated rings. The lowest BCUT2D eigenvalue weighted by atomic mass is 10.0. The van der Waals surface area contributed by atoms with Crippen LogP contribution >= 0.6 is 15.9 Å². The van der Waals surface area contributed by atoms with Crippen LogP contribution in [0.5, 0.6) is 0 Å². The highest BCUT2D eigenvalue weighted by Crippen LogP contribution is 2.31. The summed E-state index contributed by atoms with van der Waals surface area (Å²) in [6.07, 6.45) is 7.50. The van der Waals surface area contributed by atoms with Crippen molar-refractivity contribution in [2.45, 2.75) is 25.4 Å². The highest BCUT2D eigenvalue weighted by Gasteiger charge is 2.17. The van der Waals surface area contributed by atoms with E-state index in [1.54, 1.807) is 0 Å². The van der Waals surface area contributed by atoms with Gasteiger partial charge in [-0.3, -0.25) is 4.98 Å². The molecular weight excluding hydrogens is 230 g/mol. The highest BCUT2D eigenvalue weighted by molar-refractivity contribution is 9.10. The van der Waals surface area contributed by atoms with Crippen molar-refractivity contribution >= 4 is 15.9 Å². The molecule has 1 atom stereocenters. The summed E-state index contributed by atoms with van der Waals surface area (Å²) < 4.78 is 6.74. The predicted octanol–water partition coefficient (Wildman–Crippen LogP) is 3.09. The molecule has 0 radical (unpaired) electrons. The zero-order chi connectivity index (χ0) is 9.10. The van der Waals surface area contributed by atoms with Crippen molar-refractivity contribution in [3.05, 3.63) is 28.5 Å². The summed E-state index contributed by atoms with van der Waals surface area (Å²) in [6.45, 7) is 0.888. The van der Waals surface area contributed by atoms with Crippen LogP contribution in [0.4, 0.5) is 0 Å². The molecular formula is C10H12BrNO. The Hall–Kier alpha value is -0.410. The quantitative estimate of drug-likeness (QED) is 0.754. The summed E-state index contributed by atoms with van der Waals surface area (Å²) in [4.78, 5) is 4.04. The van der Waals surface area contributed by atoms with E-state index in [-0.39, 0.29) is 6.10 Å². The minimum absolute atomic E-state index is 0.270. The summed E-state index contributed by atoms with van der Waals surface area (Å²) in [6, 6.07) is 2.03. The topological polar surface area (TPSA) is 22.1 Å². The maximum atomic E-state index is 5.69. The van der Waals surface area contributed by atoms with Gasteiger partial charge in [0, 0.05) is 23.5 Å². The fourth-order valence-corrected chi connectivity index (χ4v) is 2.14. The first-order valence-corrected chi connectivity index (χ1v) is 5.38. The molecule has 2 heterocycles. The normalized spacial score (nSPS) is 23.0. The molecule has 2 nitrogen and oxygen atoms in total. The smallest absolute Gasteiger partial charge is 0.0836 e. The average molecular weight is 242 g/mol. The van der Waals surface area contributed by atoms with Crippen molar-refractivity contribution in [3.63, 3.8) is 0 Å². The first-order valence-electron chi connectivity index (χ1n) is 4.59. The van der Waals surface area contributed by atoms with Crippen LogP contribution < -0.4 is 0 Å². The monoisotopic (exact) mass is 241 g/mol. The summed E-state index contributed by atoms with van der Waals surface area (Å²) >= 11 is 3.49. The van der Waals surface area contributed by atoms with Gasteiger partial charge in [-0.05, 0) is 46.8 Å². The SMILES string of the molecule is Brc1cnccc1C1CCCCO1. The second kappa shape index (κ2) is 4.20. The van der Waals surface area contributed by atoms with E-state index in [4.69, 9.17) is 4.74 Å². The van der Waals surface area contributed by atoms with Crippen LogP contribution in [0.1, 0.15) is 30.9 Å². The number of nitrogens with zero attached hydrogens (tertiary/aromatic N) is 1. The van der Waals surface area contributed by atoms with Crippen LogP contribution in [0, 0.1) is 0 Å². The Kier molecular flexibility index (Phi) is 2.96. The first-order chi connectivity index (χ1) is 6.38. The molecule has 0 amide bonds. The number of hydrogen-bond acceptors (Lipinski definition) is 2. The fraction of sp³-hybridized carbons (Fsp3) is 0.500. The Morgan fingerprint density at radius 1 is 1.46 bits per heavy atom. The van der Waals surface area contributed by atoms with Gasteiger partial charge in [-0.1, -0.05) is 0 Å². The Morgan fingerprint density at radius 2 is 2.38 bits per heavy atom. The molecule has 1 aromatic rings. The van der Waals surface area contributed by atoms with Crippen molar-refractivity contribution < 1.29 is 4.74 Å².